The van der Waals surface area contributed by atoms with E-state index < -0.39 is 6.04 Å². The highest BCUT2D eigenvalue weighted by atomic mass is 35.5. The van der Waals surface area contributed by atoms with Gasteiger partial charge in [-0.3, -0.25) is 19.0 Å². The van der Waals surface area contributed by atoms with Gasteiger partial charge in [-0.1, -0.05) is 37.2 Å². The Morgan fingerprint density at radius 1 is 1.29 bits per heavy atom. The van der Waals surface area contributed by atoms with Crippen molar-refractivity contribution in [1.29, 1.82) is 0 Å². The number of rotatable bonds is 8. The van der Waals surface area contributed by atoms with Gasteiger partial charge in [0.25, 0.3) is 5.56 Å². The Hall–Kier alpha value is -2.06. The molecule has 28 heavy (non-hydrogen) atoms. The zero-order chi connectivity index (χ0) is 20.8. The van der Waals surface area contributed by atoms with E-state index in [0.29, 0.717) is 34.2 Å². The molecule has 0 saturated carbocycles. The predicted molar refractivity (Wildman–Crippen MR) is 113 cm³/mol. The molecule has 1 aromatic carbocycles. The number of nitrogens with one attached hydrogen (secondary N) is 2. The number of thioether (sulfide) groups is 1. The molecule has 0 fully saturated rings. The zero-order valence-corrected chi connectivity index (χ0v) is 18.0. The van der Waals surface area contributed by atoms with Crippen molar-refractivity contribution >= 4 is 46.1 Å². The highest BCUT2D eigenvalue weighted by Crippen LogP contribution is 2.21. The first-order valence-electron chi connectivity index (χ1n) is 9.12. The van der Waals surface area contributed by atoms with Crippen LogP contribution in [0.15, 0.2) is 28.2 Å². The summed E-state index contributed by atoms with van der Waals surface area (Å²) in [6, 6.07) is 4.36. The van der Waals surface area contributed by atoms with E-state index in [2.05, 4.69) is 15.6 Å². The molecule has 1 heterocycles. The molecule has 152 valence electrons. The van der Waals surface area contributed by atoms with Crippen LogP contribution in [0.4, 0.5) is 0 Å². The maximum absolute atomic E-state index is 12.9. The lowest BCUT2D eigenvalue weighted by atomic mass is 10.2. The van der Waals surface area contributed by atoms with Crippen molar-refractivity contribution in [1.82, 2.24) is 20.2 Å². The van der Waals surface area contributed by atoms with Gasteiger partial charge in [-0.25, -0.2) is 4.98 Å². The fourth-order valence-corrected chi connectivity index (χ4v) is 3.61. The topological polar surface area (TPSA) is 93.1 Å². The van der Waals surface area contributed by atoms with Crippen LogP contribution >= 0.6 is 23.4 Å². The maximum atomic E-state index is 12.9. The quantitative estimate of drug-likeness (QED) is 0.501. The maximum Gasteiger partial charge on any atom is 0.262 e. The van der Waals surface area contributed by atoms with Gasteiger partial charge in [-0.15, -0.1) is 0 Å². The van der Waals surface area contributed by atoms with Crippen LogP contribution in [0.2, 0.25) is 5.02 Å². The van der Waals surface area contributed by atoms with Gasteiger partial charge >= 0.3 is 0 Å². The Balaban J connectivity index is 2.23. The SMILES string of the molecule is CCNC(=O)[C@H](C)NC(=O)CSc1nc2ccc(Cl)cc2c(=O)n1CC(C)C. The third-order valence-corrected chi connectivity index (χ3v) is 5.09. The lowest BCUT2D eigenvalue weighted by molar-refractivity contribution is -0.127. The first-order chi connectivity index (χ1) is 13.2. The zero-order valence-electron chi connectivity index (χ0n) is 16.4. The van der Waals surface area contributed by atoms with E-state index in [0.717, 1.165) is 0 Å². The van der Waals surface area contributed by atoms with Gasteiger partial charge in [-0.2, -0.15) is 0 Å². The molecular weight excluding hydrogens is 400 g/mol. The largest absolute Gasteiger partial charge is 0.355 e. The van der Waals surface area contributed by atoms with Crippen LogP contribution in [0.5, 0.6) is 0 Å². The molecule has 2 aromatic rings. The fraction of sp³-hybridized carbons (Fsp3) is 0.474. The number of hydrogen-bond donors (Lipinski definition) is 2. The van der Waals surface area contributed by atoms with E-state index in [-0.39, 0.29) is 29.0 Å². The molecule has 0 radical (unpaired) electrons. The number of fused-ring (bicyclic) bond motifs is 1. The molecule has 0 unspecified atom stereocenters. The molecule has 0 spiro atoms. The van der Waals surface area contributed by atoms with E-state index in [1.165, 1.54) is 11.8 Å². The highest BCUT2D eigenvalue weighted by molar-refractivity contribution is 7.99. The van der Waals surface area contributed by atoms with Crippen molar-refractivity contribution in [3.05, 3.63) is 33.6 Å². The fourth-order valence-electron chi connectivity index (χ4n) is 2.62. The van der Waals surface area contributed by atoms with Gasteiger partial charge in [0.2, 0.25) is 11.8 Å². The Morgan fingerprint density at radius 2 is 2.00 bits per heavy atom. The van der Waals surface area contributed by atoms with Crippen LogP contribution in [-0.4, -0.2) is 39.7 Å². The summed E-state index contributed by atoms with van der Waals surface area (Å²) in [6.07, 6.45) is 0. The number of nitrogens with zero attached hydrogens (tertiary/aromatic N) is 2. The Morgan fingerprint density at radius 3 is 2.64 bits per heavy atom. The summed E-state index contributed by atoms with van der Waals surface area (Å²) in [5, 5.41) is 6.70. The first kappa shape index (κ1) is 22.2. The molecule has 0 aliphatic carbocycles. The number of carbonyl (C=O) groups excluding carboxylic acids is 2. The standard InChI is InChI=1S/C19H25ClN4O3S/c1-5-21-17(26)12(4)22-16(25)10-28-19-23-15-7-6-13(20)8-14(15)18(27)24(19)9-11(2)3/h6-8,11-12H,5,9-10H2,1-4H3,(H,21,26)(H,22,25)/t12-/m0/s1. The number of hydrogen-bond acceptors (Lipinski definition) is 5. The number of aromatic nitrogens is 2. The minimum atomic E-state index is -0.627. The van der Waals surface area contributed by atoms with Gasteiger partial charge in [-0.05, 0) is 38.0 Å². The number of likely N-dealkylation sites (N-methyl/N-ethyl adjacent to an activating group) is 1. The van der Waals surface area contributed by atoms with Gasteiger partial charge in [0.05, 0.1) is 16.7 Å². The van der Waals surface area contributed by atoms with Crippen LogP contribution in [0, 0.1) is 5.92 Å². The second-order valence-corrected chi connectivity index (χ2v) is 8.22. The molecule has 2 N–H and O–H groups in total. The van der Waals surface area contributed by atoms with Crippen molar-refractivity contribution in [2.75, 3.05) is 12.3 Å². The molecule has 2 rings (SSSR count). The van der Waals surface area contributed by atoms with Crippen molar-refractivity contribution < 1.29 is 9.59 Å². The predicted octanol–water partition coefficient (Wildman–Crippen LogP) is 2.44. The van der Waals surface area contributed by atoms with E-state index in [9.17, 15) is 14.4 Å². The summed E-state index contributed by atoms with van der Waals surface area (Å²) in [5.41, 5.74) is 0.354. The highest BCUT2D eigenvalue weighted by Gasteiger charge is 2.17. The van der Waals surface area contributed by atoms with E-state index in [1.807, 2.05) is 20.8 Å². The van der Waals surface area contributed by atoms with Crippen LogP contribution in [0.25, 0.3) is 10.9 Å². The number of amides is 2. The first-order valence-corrected chi connectivity index (χ1v) is 10.5. The van der Waals surface area contributed by atoms with E-state index >= 15 is 0 Å². The van der Waals surface area contributed by atoms with Gasteiger partial charge in [0.1, 0.15) is 6.04 Å². The van der Waals surface area contributed by atoms with E-state index in [4.69, 9.17) is 11.6 Å². The minimum Gasteiger partial charge on any atom is -0.355 e. The lowest BCUT2D eigenvalue weighted by Crippen LogP contribution is -2.45. The third kappa shape index (κ3) is 5.72. The summed E-state index contributed by atoms with van der Waals surface area (Å²) in [7, 11) is 0. The number of halogens is 1. The van der Waals surface area contributed by atoms with Crippen LogP contribution in [-0.2, 0) is 16.1 Å². The van der Waals surface area contributed by atoms with Gasteiger partial charge in [0, 0.05) is 18.1 Å². The second-order valence-electron chi connectivity index (χ2n) is 6.84. The summed E-state index contributed by atoms with van der Waals surface area (Å²) >= 11 is 7.19. The van der Waals surface area contributed by atoms with Crippen molar-refractivity contribution in [2.45, 2.75) is 45.4 Å². The Labute approximate surface area is 173 Å². The molecule has 1 atom stereocenters. The van der Waals surface area contributed by atoms with Crippen molar-refractivity contribution in [3.63, 3.8) is 0 Å². The number of benzene rings is 1. The molecular formula is C19H25ClN4O3S. The molecule has 0 aliphatic heterocycles. The second kappa shape index (κ2) is 9.93. The summed E-state index contributed by atoms with van der Waals surface area (Å²) in [4.78, 5) is 41.4. The van der Waals surface area contributed by atoms with Crippen LogP contribution in [0.1, 0.15) is 27.7 Å². The molecule has 7 nitrogen and oxygen atoms in total. The third-order valence-electron chi connectivity index (χ3n) is 3.88. The normalized spacial score (nSPS) is 12.2. The lowest BCUT2D eigenvalue weighted by Gasteiger charge is -2.16. The molecule has 0 aliphatic rings. The van der Waals surface area contributed by atoms with Crippen LogP contribution < -0.4 is 16.2 Å². The Bertz CT molecular complexity index is 929. The van der Waals surface area contributed by atoms with Gasteiger partial charge < -0.3 is 10.6 Å². The minimum absolute atomic E-state index is 0.0490. The molecule has 9 heteroatoms. The van der Waals surface area contributed by atoms with Crippen molar-refractivity contribution in [3.8, 4) is 0 Å². The molecule has 0 saturated heterocycles. The molecule has 0 bridgehead atoms. The number of carbonyl (C=O) groups is 2. The summed E-state index contributed by atoms with van der Waals surface area (Å²) in [5.74, 6) is -0.265. The van der Waals surface area contributed by atoms with Gasteiger partial charge in [0.15, 0.2) is 5.16 Å². The monoisotopic (exact) mass is 424 g/mol. The average molecular weight is 425 g/mol. The average Bonchev–Trinajstić information content (AvgIpc) is 2.63. The van der Waals surface area contributed by atoms with Crippen molar-refractivity contribution in [2.24, 2.45) is 5.92 Å². The Kier molecular flexibility index (Phi) is 7.88. The summed E-state index contributed by atoms with van der Waals surface area (Å²) < 4.78 is 1.58. The molecule has 2 amide bonds. The van der Waals surface area contributed by atoms with Crippen LogP contribution in [0.3, 0.4) is 0 Å². The van der Waals surface area contributed by atoms with E-state index in [1.54, 1.807) is 29.7 Å². The summed E-state index contributed by atoms with van der Waals surface area (Å²) in [6.45, 7) is 8.43. The smallest absolute Gasteiger partial charge is 0.262 e. The molecule has 1 aromatic heterocycles.